The second-order valence-electron chi connectivity index (χ2n) is 4.07. The Kier molecular flexibility index (Phi) is 4.35. The van der Waals surface area contributed by atoms with Crippen LogP contribution in [0.4, 0.5) is 5.69 Å². The molecule has 0 aliphatic carbocycles. The van der Waals surface area contributed by atoms with E-state index >= 15 is 0 Å². The Bertz CT molecular complexity index is 754. The fraction of sp³-hybridized carbons (Fsp3) is 0. The molecule has 0 unspecified atom stereocenters. The summed E-state index contributed by atoms with van der Waals surface area (Å²) >= 11 is 14.9. The number of nitrogens with one attached hydrogen (secondary N) is 1. The number of hydrogen-bond acceptors (Lipinski definition) is 4. The summed E-state index contributed by atoms with van der Waals surface area (Å²) in [6, 6.07) is 9.09. The zero-order chi connectivity index (χ0) is 14.8. The summed E-state index contributed by atoms with van der Waals surface area (Å²) in [6.45, 7) is 0. The number of halogens is 2. The fourth-order valence-electron chi connectivity index (χ4n) is 1.67. The summed E-state index contributed by atoms with van der Waals surface area (Å²) in [4.78, 5) is 17.9. The third kappa shape index (κ3) is 3.32. The number of thioether (sulfide) groups is 1. The first-order valence-electron chi connectivity index (χ1n) is 5.90. The molecule has 1 aliphatic heterocycles. The number of hydrogen-bond donors (Lipinski definition) is 1. The molecule has 1 amide bonds. The van der Waals surface area contributed by atoms with Crippen molar-refractivity contribution in [2.75, 3.05) is 0 Å². The molecule has 1 N–H and O–H groups in total. The van der Waals surface area contributed by atoms with Crippen molar-refractivity contribution in [1.82, 2.24) is 5.32 Å². The Labute approximate surface area is 139 Å². The van der Waals surface area contributed by atoms with Gasteiger partial charge in [-0.15, -0.1) is 11.3 Å². The molecule has 1 saturated heterocycles. The molecular weight excluding hydrogens is 347 g/mol. The van der Waals surface area contributed by atoms with Crippen LogP contribution in [0, 0.1) is 0 Å². The first-order chi connectivity index (χ1) is 10.1. The lowest BCUT2D eigenvalue weighted by atomic mass is 10.3. The van der Waals surface area contributed by atoms with Gasteiger partial charge in [0.15, 0.2) is 5.17 Å². The van der Waals surface area contributed by atoms with Gasteiger partial charge in [0.05, 0.1) is 20.6 Å². The molecule has 3 nitrogen and oxygen atoms in total. The van der Waals surface area contributed by atoms with Crippen LogP contribution < -0.4 is 5.32 Å². The van der Waals surface area contributed by atoms with Crippen LogP contribution >= 0.6 is 46.3 Å². The Balaban J connectivity index is 1.87. The van der Waals surface area contributed by atoms with Gasteiger partial charge >= 0.3 is 0 Å². The van der Waals surface area contributed by atoms with E-state index in [1.54, 1.807) is 29.5 Å². The van der Waals surface area contributed by atoms with E-state index in [0.717, 1.165) is 4.88 Å². The molecule has 0 saturated carbocycles. The maximum absolute atomic E-state index is 11.9. The van der Waals surface area contributed by atoms with Crippen LogP contribution in [-0.2, 0) is 4.79 Å². The van der Waals surface area contributed by atoms with Gasteiger partial charge < -0.3 is 5.32 Å². The number of amidine groups is 1. The molecule has 0 atom stereocenters. The second-order valence-corrected chi connectivity index (χ2v) is 6.87. The molecular formula is C14H8Cl2N2OS2. The zero-order valence-corrected chi connectivity index (χ0v) is 13.6. The van der Waals surface area contributed by atoms with Crippen LogP contribution in [0.25, 0.3) is 6.08 Å². The fourth-order valence-corrected chi connectivity index (χ4v) is 3.57. The minimum Gasteiger partial charge on any atom is -0.300 e. The van der Waals surface area contributed by atoms with Gasteiger partial charge in [-0.1, -0.05) is 35.3 Å². The third-order valence-electron chi connectivity index (χ3n) is 2.62. The molecule has 0 spiro atoms. The van der Waals surface area contributed by atoms with Crippen LogP contribution in [0.2, 0.25) is 10.0 Å². The predicted octanol–water partition coefficient (Wildman–Crippen LogP) is 4.95. The van der Waals surface area contributed by atoms with E-state index in [0.29, 0.717) is 25.8 Å². The van der Waals surface area contributed by atoms with Crippen molar-refractivity contribution >= 4 is 69.1 Å². The van der Waals surface area contributed by atoms with Crippen molar-refractivity contribution < 1.29 is 4.79 Å². The summed E-state index contributed by atoms with van der Waals surface area (Å²) in [5.41, 5.74) is 0.532. The first kappa shape index (κ1) is 14.7. The maximum atomic E-state index is 11.9. The maximum Gasteiger partial charge on any atom is 0.264 e. The Morgan fingerprint density at radius 3 is 2.81 bits per heavy atom. The molecule has 0 radical (unpaired) electrons. The van der Waals surface area contributed by atoms with Crippen molar-refractivity contribution in [2.45, 2.75) is 0 Å². The molecule has 1 aliphatic rings. The highest BCUT2D eigenvalue weighted by Crippen LogP contribution is 2.34. The quantitative estimate of drug-likeness (QED) is 0.775. The van der Waals surface area contributed by atoms with Crippen LogP contribution in [0.3, 0.4) is 0 Å². The van der Waals surface area contributed by atoms with E-state index in [2.05, 4.69) is 10.3 Å². The van der Waals surface area contributed by atoms with E-state index in [9.17, 15) is 4.79 Å². The Morgan fingerprint density at radius 1 is 1.19 bits per heavy atom. The standard InChI is InChI=1S/C14H8Cl2N2OS2/c15-9-4-1-5-10(12(9)16)17-14-18-13(19)11(21-14)7-8-3-2-6-20-8/h1-7H,(H,17,18,19)/b11-7-. The normalized spacial score (nSPS) is 18.5. The van der Waals surface area contributed by atoms with Crippen LogP contribution in [0.15, 0.2) is 45.6 Å². The lowest BCUT2D eigenvalue weighted by Gasteiger charge is -2.00. The molecule has 3 rings (SSSR count). The minimum absolute atomic E-state index is 0.162. The molecule has 1 aromatic carbocycles. The molecule has 21 heavy (non-hydrogen) atoms. The number of carbonyl (C=O) groups is 1. The van der Waals surface area contributed by atoms with Crippen LogP contribution in [0.1, 0.15) is 4.88 Å². The Morgan fingerprint density at radius 2 is 2.05 bits per heavy atom. The van der Waals surface area contributed by atoms with Crippen molar-refractivity contribution in [3.05, 3.63) is 55.5 Å². The molecule has 7 heteroatoms. The smallest absolute Gasteiger partial charge is 0.264 e. The van der Waals surface area contributed by atoms with Crippen LogP contribution in [0.5, 0.6) is 0 Å². The first-order valence-corrected chi connectivity index (χ1v) is 8.36. The topological polar surface area (TPSA) is 41.5 Å². The van der Waals surface area contributed by atoms with E-state index < -0.39 is 0 Å². The average molecular weight is 355 g/mol. The summed E-state index contributed by atoms with van der Waals surface area (Å²) < 4.78 is 0. The number of amides is 1. The van der Waals surface area contributed by atoms with Crippen molar-refractivity contribution in [3.63, 3.8) is 0 Å². The molecule has 2 aromatic rings. The SMILES string of the molecule is O=C1NC(=Nc2cccc(Cl)c2Cl)S/C1=C\c1cccs1. The van der Waals surface area contributed by atoms with Gasteiger partial charge in [0.25, 0.3) is 5.91 Å². The van der Waals surface area contributed by atoms with Crippen molar-refractivity contribution in [1.29, 1.82) is 0 Å². The highest BCUT2D eigenvalue weighted by molar-refractivity contribution is 8.18. The lowest BCUT2D eigenvalue weighted by molar-refractivity contribution is -0.115. The van der Waals surface area contributed by atoms with E-state index in [-0.39, 0.29) is 5.91 Å². The van der Waals surface area contributed by atoms with Gasteiger partial charge in [-0.2, -0.15) is 0 Å². The van der Waals surface area contributed by atoms with Gasteiger partial charge in [-0.25, -0.2) is 4.99 Å². The second kappa shape index (κ2) is 6.23. The number of carbonyl (C=O) groups excluding carboxylic acids is 1. The highest BCUT2D eigenvalue weighted by atomic mass is 35.5. The average Bonchev–Trinajstić information content (AvgIpc) is 3.07. The van der Waals surface area contributed by atoms with E-state index in [4.69, 9.17) is 23.2 Å². The van der Waals surface area contributed by atoms with E-state index in [1.165, 1.54) is 11.8 Å². The summed E-state index contributed by atoms with van der Waals surface area (Å²) in [7, 11) is 0. The van der Waals surface area contributed by atoms with Crippen molar-refractivity contribution in [2.24, 2.45) is 4.99 Å². The van der Waals surface area contributed by atoms with Gasteiger partial charge in [0.2, 0.25) is 0 Å². The van der Waals surface area contributed by atoms with E-state index in [1.807, 2.05) is 23.6 Å². The van der Waals surface area contributed by atoms with Gasteiger partial charge in [0.1, 0.15) is 0 Å². The number of benzene rings is 1. The van der Waals surface area contributed by atoms with Crippen molar-refractivity contribution in [3.8, 4) is 0 Å². The Hall–Kier alpha value is -1.27. The lowest BCUT2D eigenvalue weighted by Crippen LogP contribution is -2.19. The summed E-state index contributed by atoms with van der Waals surface area (Å²) in [5, 5.41) is 5.98. The summed E-state index contributed by atoms with van der Waals surface area (Å²) in [5.74, 6) is -0.162. The zero-order valence-electron chi connectivity index (χ0n) is 10.5. The van der Waals surface area contributed by atoms with Gasteiger partial charge in [-0.05, 0) is 41.4 Å². The van der Waals surface area contributed by atoms with Gasteiger partial charge in [0, 0.05) is 4.88 Å². The third-order valence-corrected chi connectivity index (χ3v) is 5.16. The van der Waals surface area contributed by atoms with Gasteiger partial charge in [-0.3, -0.25) is 4.79 Å². The molecule has 1 fully saturated rings. The molecule has 106 valence electrons. The van der Waals surface area contributed by atoms with Crippen LogP contribution in [-0.4, -0.2) is 11.1 Å². The number of rotatable bonds is 2. The predicted molar refractivity (Wildman–Crippen MR) is 91.6 cm³/mol. The number of thiophene rings is 1. The molecule has 2 heterocycles. The molecule has 0 bridgehead atoms. The molecule has 1 aromatic heterocycles. The highest BCUT2D eigenvalue weighted by Gasteiger charge is 2.24. The minimum atomic E-state index is -0.162. The number of nitrogens with zero attached hydrogens (tertiary/aromatic N) is 1. The number of aliphatic imine (C=N–C) groups is 1. The largest absolute Gasteiger partial charge is 0.300 e. The summed E-state index contributed by atoms with van der Waals surface area (Å²) in [6.07, 6.45) is 1.84. The monoisotopic (exact) mass is 354 g/mol.